The summed E-state index contributed by atoms with van der Waals surface area (Å²) in [7, 11) is 3.63. The first-order valence-electron chi connectivity index (χ1n) is 11.1. The molecule has 2 atom stereocenters. The molecule has 0 bridgehead atoms. The highest BCUT2D eigenvalue weighted by atomic mass is 19.4. The molecule has 1 aliphatic carbocycles. The van der Waals surface area contributed by atoms with E-state index in [2.05, 4.69) is 22.0 Å². The number of likely N-dealkylation sites (N-methyl/N-ethyl adjacent to an activating group) is 1. The second-order valence-electron chi connectivity index (χ2n) is 8.60. The minimum atomic E-state index is -5.08. The van der Waals surface area contributed by atoms with Crippen LogP contribution in [0.2, 0.25) is 0 Å². The van der Waals surface area contributed by atoms with Crippen molar-refractivity contribution in [3.8, 4) is 0 Å². The number of alkyl halides is 6. The van der Waals surface area contributed by atoms with Crippen molar-refractivity contribution in [3.63, 3.8) is 0 Å². The molecule has 1 saturated carbocycles. The number of ether oxygens (including phenoxy) is 1. The maximum Gasteiger partial charge on any atom is 0.490 e. The fourth-order valence-electron chi connectivity index (χ4n) is 3.16. The van der Waals surface area contributed by atoms with Gasteiger partial charge in [0.15, 0.2) is 0 Å². The van der Waals surface area contributed by atoms with Crippen LogP contribution in [-0.2, 0) is 25.5 Å². The second-order valence-corrected chi connectivity index (χ2v) is 8.60. The maximum absolute atomic E-state index is 12.1. The molecular formula is C22H29F6N3O6. The topological polar surface area (TPSA) is 120 Å². The molecule has 0 spiro atoms. The number of rotatable bonds is 7. The molecule has 3 rings (SSSR count). The highest BCUT2D eigenvalue weighted by molar-refractivity contribution is 5.77. The van der Waals surface area contributed by atoms with E-state index in [1.54, 1.807) is 4.90 Å². The first kappa shape index (κ1) is 32.1. The van der Waals surface area contributed by atoms with Crippen LogP contribution in [0.5, 0.6) is 0 Å². The number of carboxylic acids is 2. The number of amides is 1. The number of carboxylic acid groups (broad SMARTS) is 2. The molecular weight excluding hydrogens is 516 g/mol. The van der Waals surface area contributed by atoms with Crippen molar-refractivity contribution < 1.29 is 55.7 Å². The van der Waals surface area contributed by atoms with Crippen LogP contribution in [0.4, 0.5) is 26.3 Å². The summed E-state index contributed by atoms with van der Waals surface area (Å²) in [6, 6.07) is 4.39. The van der Waals surface area contributed by atoms with E-state index in [4.69, 9.17) is 24.5 Å². The molecule has 2 aliphatic rings. The number of halogens is 6. The lowest BCUT2D eigenvalue weighted by atomic mass is 10.0. The number of hydrogen-bond donors (Lipinski definition) is 2. The van der Waals surface area contributed by atoms with E-state index in [-0.39, 0.29) is 18.1 Å². The third-order valence-corrected chi connectivity index (χ3v) is 5.36. The lowest BCUT2D eigenvalue weighted by molar-refractivity contribution is -0.193. The minimum absolute atomic E-state index is 0.160. The summed E-state index contributed by atoms with van der Waals surface area (Å²) in [4.78, 5) is 38.0. The molecule has 2 heterocycles. The summed E-state index contributed by atoms with van der Waals surface area (Å²) >= 11 is 0. The van der Waals surface area contributed by atoms with Gasteiger partial charge >= 0.3 is 24.3 Å². The van der Waals surface area contributed by atoms with Crippen LogP contribution in [0.3, 0.4) is 0 Å². The van der Waals surface area contributed by atoms with Gasteiger partial charge in [0.2, 0.25) is 5.91 Å². The molecule has 1 aromatic rings. The number of carbonyl (C=O) groups is 3. The first-order chi connectivity index (χ1) is 17.0. The predicted molar refractivity (Wildman–Crippen MR) is 116 cm³/mol. The summed E-state index contributed by atoms with van der Waals surface area (Å²) < 4.78 is 69.7. The average molecular weight is 545 g/mol. The highest BCUT2D eigenvalue weighted by Crippen LogP contribution is 2.31. The summed E-state index contributed by atoms with van der Waals surface area (Å²) in [5.74, 6) is -4.58. The Morgan fingerprint density at radius 1 is 1.00 bits per heavy atom. The molecule has 210 valence electrons. The van der Waals surface area contributed by atoms with Crippen LogP contribution in [0.15, 0.2) is 24.5 Å². The molecule has 0 aromatic carbocycles. The maximum atomic E-state index is 12.1. The highest BCUT2D eigenvalue weighted by Gasteiger charge is 2.39. The molecule has 0 unspecified atom stereocenters. The number of nitrogens with zero attached hydrogens (tertiary/aromatic N) is 3. The average Bonchev–Trinajstić information content (AvgIpc) is 3.55. The van der Waals surface area contributed by atoms with Crippen molar-refractivity contribution >= 4 is 17.8 Å². The molecule has 2 N–H and O–H groups in total. The fraction of sp³-hybridized carbons (Fsp3) is 0.636. The van der Waals surface area contributed by atoms with Crippen molar-refractivity contribution in [3.05, 3.63) is 30.1 Å². The van der Waals surface area contributed by atoms with E-state index in [1.807, 2.05) is 26.5 Å². The second kappa shape index (κ2) is 14.1. The number of carbonyl (C=O) groups excluding carboxylic acids is 1. The van der Waals surface area contributed by atoms with Crippen molar-refractivity contribution in [2.24, 2.45) is 5.92 Å². The number of aliphatic carboxylic acids is 2. The Morgan fingerprint density at radius 2 is 1.49 bits per heavy atom. The van der Waals surface area contributed by atoms with Crippen LogP contribution in [0.25, 0.3) is 0 Å². The summed E-state index contributed by atoms with van der Waals surface area (Å²) in [5, 5.41) is 14.2. The number of aromatic nitrogens is 1. The van der Waals surface area contributed by atoms with E-state index in [0.717, 1.165) is 31.9 Å². The molecule has 1 aliphatic heterocycles. The minimum Gasteiger partial charge on any atom is -0.475 e. The molecule has 0 radical (unpaired) electrons. The quantitative estimate of drug-likeness (QED) is 0.502. The Hall–Kier alpha value is -2.94. The molecule has 2 fully saturated rings. The van der Waals surface area contributed by atoms with Gasteiger partial charge in [0.05, 0.1) is 12.6 Å². The van der Waals surface area contributed by atoms with Crippen molar-refractivity contribution in [2.75, 3.05) is 33.8 Å². The van der Waals surface area contributed by atoms with Gasteiger partial charge < -0.3 is 19.8 Å². The van der Waals surface area contributed by atoms with Gasteiger partial charge in [0, 0.05) is 45.7 Å². The Bertz CT molecular complexity index is 854. The van der Waals surface area contributed by atoms with E-state index >= 15 is 0 Å². The largest absolute Gasteiger partial charge is 0.490 e. The zero-order valence-electron chi connectivity index (χ0n) is 20.1. The Labute approximate surface area is 209 Å². The van der Waals surface area contributed by atoms with Gasteiger partial charge in [0.1, 0.15) is 0 Å². The van der Waals surface area contributed by atoms with Gasteiger partial charge in [-0.3, -0.25) is 14.7 Å². The molecule has 1 saturated heterocycles. The van der Waals surface area contributed by atoms with Crippen LogP contribution < -0.4 is 0 Å². The van der Waals surface area contributed by atoms with Gasteiger partial charge in [-0.1, -0.05) is 0 Å². The molecule has 1 amide bonds. The van der Waals surface area contributed by atoms with Gasteiger partial charge in [0.25, 0.3) is 0 Å². The van der Waals surface area contributed by atoms with Crippen LogP contribution in [0, 0.1) is 5.92 Å². The van der Waals surface area contributed by atoms with E-state index in [9.17, 15) is 31.1 Å². The van der Waals surface area contributed by atoms with Gasteiger partial charge in [-0.2, -0.15) is 26.3 Å². The monoisotopic (exact) mass is 545 g/mol. The van der Waals surface area contributed by atoms with Gasteiger partial charge in [-0.15, -0.1) is 0 Å². The number of likely N-dealkylation sites (tertiary alicyclic amines) is 1. The molecule has 1 aromatic heterocycles. The summed E-state index contributed by atoms with van der Waals surface area (Å²) in [6.45, 7) is 2.30. The van der Waals surface area contributed by atoms with Crippen molar-refractivity contribution in [1.82, 2.24) is 14.8 Å². The standard InChI is InChI=1S/C18H27N3O2.2C2HF3O2/c1-20(2)18(22)12-21-10-7-17(23-13-15-3-4-15)16(21)11-14-5-8-19-9-6-14;2*3-2(4,5)1(6)7/h5-6,8-9,15-17H,3-4,7,10-13H2,1-2H3;2*(H,6,7)/t16-,17-;;/m0../s1. The van der Waals surface area contributed by atoms with Crippen LogP contribution in [-0.4, -0.2) is 101 Å². The number of pyridine rings is 1. The summed E-state index contributed by atoms with van der Waals surface area (Å²) in [6.07, 6.45) is -1.71. The van der Waals surface area contributed by atoms with Crippen molar-refractivity contribution in [2.45, 2.75) is 50.2 Å². The molecule has 9 nitrogen and oxygen atoms in total. The Morgan fingerprint density at radius 3 is 1.89 bits per heavy atom. The third kappa shape index (κ3) is 12.7. The van der Waals surface area contributed by atoms with E-state index in [1.165, 1.54) is 18.4 Å². The van der Waals surface area contributed by atoms with Crippen molar-refractivity contribution in [1.29, 1.82) is 0 Å². The fourth-order valence-corrected chi connectivity index (χ4v) is 3.16. The Kier molecular flexibility index (Phi) is 12.2. The van der Waals surface area contributed by atoms with Crippen LogP contribution >= 0.6 is 0 Å². The first-order valence-corrected chi connectivity index (χ1v) is 11.1. The van der Waals surface area contributed by atoms with Crippen LogP contribution in [0.1, 0.15) is 24.8 Å². The molecule has 37 heavy (non-hydrogen) atoms. The van der Waals surface area contributed by atoms with E-state index in [0.29, 0.717) is 6.54 Å². The zero-order chi connectivity index (χ0) is 28.4. The SMILES string of the molecule is CN(C)C(=O)CN1CC[C@H](OCC2CC2)[C@@H]1Cc1ccncc1.O=C(O)C(F)(F)F.O=C(O)C(F)(F)F. The lowest BCUT2D eigenvalue weighted by Gasteiger charge is -2.28. The number of hydrogen-bond acceptors (Lipinski definition) is 6. The third-order valence-electron chi connectivity index (χ3n) is 5.36. The predicted octanol–water partition coefficient (Wildman–Crippen LogP) is 2.85. The van der Waals surface area contributed by atoms with Gasteiger partial charge in [-0.05, 0) is 49.3 Å². The zero-order valence-corrected chi connectivity index (χ0v) is 20.1. The molecule has 15 heteroatoms. The Balaban J connectivity index is 0.000000404. The van der Waals surface area contributed by atoms with E-state index < -0.39 is 24.3 Å². The summed E-state index contributed by atoms with van der Waals surface area (Å²) in [5.41, 5.74) is 1.26. The van der Waals surface area contributed by atoms with Gasteiger partial charge in [-0.25, -0.2) is 9.59 Å². The normalized spacial score (nSPS) is 19.7. The lowest BCUT2D eigenvalue weighted by Crippen LogP contribution is -2.43. The smallest absolute Gasteiger partial charge is 0.475 e.